The molecule has 7 heteroatoms. The van der Waals surface area contributed by atoms with Crippen LogP contribution in [0.15, 0.2) is 27.1 Å². The maximum atomic E-state index is 12.5. The van der Waals surface area contributed by atoms with Gasteiger partial charge in [-0.15, -0.1) is 0 Å². The minimum Gasteiger partial charge on any atom is -0.481 e. The molecule has 2 rings (SSSR count). The number of carboxylic acid groups (broad SMARTS) is 1. The van der Waals surface area contributed by atoms with Gasteiger partial charge in [-0.3, -0.25) is 9.59 Å². The van der Waals surface area contributed by atoms with Crippen LogP contribution >= 0.6 is 15.9 Å². The first-order chi connectivity index (χ1) is 10.8. The van der Waals surface area contributed by atoms with E-state index in [9.17, 15) is 9.59 Å². The average molecular weight is 384 g/mol. The van der Waals surface area contributed by atoms with Gasteiger partial charge in [0.1, 0.15) is 5.58 Å². The Morgan fingerprint density at radius 1 is 1.43 bits per heavy atom. The van der Waals surface area contributed by atoms with E-state index in [1.807, 2.05) is 12.1 Å². The lowest BCUT2D eigenvalue weighted by Crippen LogP contribution is -2.50. The molecule has 23 heavy (non-hydrogen) atoms. The van der Waals surface area contributed by atoms with E-state index in [1.54, 1.807) is 19.9 Å². The molecule has 1 amide bonds. The molecule has 1 heterocycles. The zero-order chi connectivity index (χ0) is 17.2. The molecule has 0 saturated heterocycles. The number of aliphatic carboxylic acids is 1. The van der Waals surface area contributed by atoms with Crippen LogP contribution in [-0.4, -0.2) is 36.2 Å². The van der Waals surface area contributed by atoms with Crippen molar-refractivity contribution in [3.8, 4) is 0 Å². The van der Waals surface area contributed by atoms with Crippen molar-refractivity contribution in [2.45, 2.75) is 25.8 Å². The molecule has 0 spiro atoms. The van der Waals surface area contributed by atoms with Crippen molar-refractivity contribution in [1.82, 2.24) is 5.32 Å². The number of amides is 1. The quantitative estimate of drug-likeness (QED) is 0.799. The first kappa shape index (κ1) is 17.5. The van der Waals surface area contributed by atoms with Crippen molar-refractivity contribution in [2.75, 3.05) is 13.7 Å². The first-order valence-corrected chi connectivity index (χ1v) is 7.77. The van der Waals surface area contributed by atoms with Gasteiger partial charge in [-0.2, -0.15) is 0 Å². The molecule has 1 aromatic heterocycles. The predicted octanol–water partition coefficient (Wildman–Crippen LogP) is 3.11. The molecule has 0 aliphatic heterocycles. The van der Waals surface area contributed by atoms with Crippen molar-refractivity contribution in [3.05, 3.63) is 34.0 Å². The smallest absolute Gasteiger partial charge is 0.305 e. The summed E-state index contributed by atoms with van der Waals surface area (Å²) in [7, 11) is 1.45. The number of methoxy groups -OCH3 is 1. The van der Waals surface area contributed by atoms with Gasteiger partial charge in [-0.05, 0) is 32.0 Å². The highest BCUT2D eigenvalue weighted by Gasteiger charge is 2.31. The lowest BCUT2D eigenvalue weighted by Gasteiger charge is -2.28. The lowest BCUT2D eigenvalue weighted by molar-refractivity contribution is -0.139. The molecule has 2 aromatic rings. The Bertz CT molecular complexity index is 754. The molecule has 1 atom stereocenters. The topological polar surface area (TPSA) is 88.8 Å². The molecule has 0 radical (unpaired) electrons. The third-order valence-electron chi connectivity index (χ3n) is 3.52. The van der Waals surface area contributed by atoms with Crippen LogP contribution in [0.4, 0.5) is 0 Å². The normalized spacial score (nSPS) is 13.7. The summed E-state index contributed by atoms with van der Waals surface area (Å²) in [5, 5.41) is 12.6. The molecular formula is C16H18BrNO5. The van der Waals surface area contributed by atoms with Crippen LogP contribution in [-0.2, 0) is 9.53 Å². The van der Waals surface area contributed by atoms with Crippen molar-refractivity contribution in [2.24, 2.45) is 0 Å². The number of hydrogen-bond acceptors (Lipinski definition) is 4. The molecule has 1 unspecified atom stereocenters. The fourth-order valence-electron chi connectivity index (χ4n) is 2.52. The molecule has 6 nitrogen and oxygen atoms in total. The molecule has 0 bridgehead atoms. The minimum atomic E-state index is -1.02. The summed E-state index contributed by atoms with van der Waals surface area (Å²) >= 11 is 3.39. The Kier molecular flexibility index (Phi) is 5.11. The van der Waals surface area contributed by atoms with E-state index in [0.717, 1.165) is 9.86 Å². The van der Waals surface area contributed by atoms with Crippen LogP contribution in [0.2, 0.25) is 0 Å². The van der Waals surface area contributed by atoms with Crippen molar-refractivity contribution in [1.29, 1.82) is 0 Å². The summed E-state index contributed by atoms with van der Waals surface area (Å²) in [5.74, 6) is -1.31. The number of carbonyl (C=O) groups excluding carboxylic acids is 1. The van der Waals surface area contributed by atoms with E-state index in [4.69, 9.17) is 14.3 Å². The van der Waals surface area contributed by atoms with Crippen LogP contribution < -0.4 is 5.32 Å². The molecular weight excluding hydrogens is 366 g/mol. The van der Waals surface area contributed by atoms with Gasteiger partial charge in [0.25, 0.3) is 5.91 Å². The number of ether oxygens (including phenoxy) is 1. The second kappa shape index (κ2) is 6.72. The molecule has 0 aliphatic rings. The van der Waals surface area contributed by atoms with E-state index in [2.05, 4.69) is 21.2 Å². The maximum Gasteiger partial charge on any atom is 0.305 e. The van der Waals surface area contributed by atoms with E-state index in [0.29, 0.717) is 11.1 Å². The number of aryl methyl sites for hydroxylation is 1. The molecule has 1 aromatic carbocycles. The van der Waals surface area contributed by atoms with Gasteiger partial charge >= 0.3 is 5.97 Å². The predicted molar refractivity (Wildman–Crippen MR) is 88.7 cm³/mol. The highest BCUT2D eigenvalue weighted by molar-refractivity contribution is 9.10. The van der Waals surface area contributed by atoms with Crippen LogP contribution in [0, 0.1) is 6.92 Å². The second-order valence-corrected chi connectivity index (χ2v) is 6.63. The van der Waals surface area contributed by atoms with Gasteiger partial charge in [0.15, 0.2) is 5.76 Å². The maximum absolute atomic E-state index is 12.5. The van der Waals surface area contributed by atoms with Gasteiger partial charge < -0.3 is 19.6 Å². The van der Waals surface area contributed by atoms with E-state index < -0.39 is 17.4 Å². The molecule has 0 fully saturated rings. The molecule has 0 aliphatic carbocycles. The van der Waals surface area contributed by atoms with Crippen LogP contribution in [0.3, 0.4) is 0 Å². The van der Waals surface area contributed by atoms with Gasteiger partial charge in [0.05, 0.1) is 18.6 Å². The lowest BCUT2D eigenvalue weighted by atomic mass is 9.98. The van der Waals surface area contributed by atoms with Gasteiger partial charge in [0, 0.05) is 22.5 Å². The minimum absolute atomic E-state index is 0.0792. The first-order valence-electron chi connectivity index (χ1n) is 6.97. The van der Waals surface area contributed by atoms with Gasteiger partial charge in [0.2, 0.25) is 0 Å². The third kappa shape index (κ3) is 3.92. The van der Waals surface area contributed by atoms with Crippen molar-refractivity contribution >= 4 is 38.8 Å². The standard InChI is InChI=1S/C16H18BrNO5/c1-9-11-6-10(17)4-5-12(11)23-14(9)15(21)18-16(2,8-22-3)7-13(19)20/h4-6H,7-8H2,1-3H3,(H,18,21)(H,19,20). The van der Waals surface area contributed by atoms with Crippen LogP contribution in [0.25, 0.3) is 11.0 Å². The van der Waals surface area contributed by atoms with Gasteiger partial charge in [-0.1, -0.05) is 15.9 Å². The zero-order valence-electron chi connectivity index (χ0n) is 13.1. The second-order valence-electron chi connectivity index (χ2n) is 5.71. The van der Waals surface area contributed by atoms with E-state index in [-0.39, 0.29) is 18.8 Å². The zero-order valence-corrected chi connectivity index (χ0v) is 14.7. The Balaban J connectivity index is 2.32. The van der Waals surface area contributed by atoms with Crippen molar-refractivity contribution in [3.63, 3.8) is 0 Å². The summed E-state index contributed by atoms with van der Waals surface area (Å²) in [4.78, 5) is 23.5. The number of carboxylic acids is 1. The van der Waals surface area contributed by atoms with E-state index >= 15 is 0 Å². The Morgan fingerprint density at radius 2 is 2.13 bits per heavy atom. The number of fused-ring (bicyclic) bond motifs is 1. The third-order valence-corrected chi connectivity index (χ3v) is 4.02. The average Bonchev–Trinajstić information content (AvgIpc) is 2.75. The summed E-state index contributed by atoms with van der Waals surface area (Å²) in [5.41, 5.74) is 0.278. The Hall–Kier alpha value is -1.86. The van der Waals surface area contributed by atoms with Crippen LogP contribution in [0.5, 0.6) is 0 Å². The fourth-order valence-corrected chi connectivity index (χ4v) is 2.89. The number of rotatable bonds is 6. The van der Waals surface area contributed by atoms with Gasteiger partial charge in [-0.25, -0.2) is 0 Å². The summed E-state index contributed by atoms with van der Waals surface area (Å²) in [6.45, 7) is 3.49. The number of furan rings is 1. The molecule has 124 valence electrons. The number of carbonyl (C=O) groups is 2. The molecule has 0 saturated carbocycles. The Labute approximate surface area is 141 Å². The number of halogens is 1. The number of benzene rings is 1. The van der Waals surface area contributed by atoms with Crippen molar-refractivity contribution < 1.29 is 23.8 Å². The summed E-state index contributed by atoms with van der Waals surface area (Å²) in [6.07, 6.45) is -0.253. The van der Waals surface area contributed by atoms with Crippen LogP contribution in [0.1, 0.15) is 29.5 Å². The highest BCUT2D eigenvalue weighted by atomic mass is 79.9. The Morgan fingerprint density at radius 3 is 2.74 bits per heavy atom. The highest BCUT2D eigenvalue weighted by Crippen LogP contribution is 2.28. The summed E-state index contributed by atoms with van der Waals surface area (Å²) < 4.78 is 11.5. The summed E-state index contributed by atoms with van der Waals surface area (Å²) in [6, 6.07) is 5.47. The SMILES string of the molecule is COCC(C)(CC(=O)O)NC(=O)c1oc2ccc(Br)cc2c1C. The monoisotopic (exact) mass is 383 g/mol. The number of nitrogens with one attached hydrogen (secondary N) is 1. The largest absolute Gasteiger partial charge is 0.481 e. The molecule has 2 N–H and O–H groups in total. The van der Waals surface area contributed by atoms with E-state index in [1.165, 1.54) is 7.11 Å². The number of hydrogen-bond donors (Lipinski definition) is 2. The fraction of sp³-hybridized carbons (Fsp3) is 0.375.